The van der Waals surface area contributed by atoms with Gasteiger partial charge in [-0.25, -0.2) is 9.97 Å². The second-order valence-electron chi connectivity index (χ2n) is 10.5. The molecule has 1 aromatic heterocycles. The highest BCUT2D eigenvalue weighted by molar-refractivity contribution is 7.99. The van der Waals surface area contributed by atoms with Gasteiger partial charge in [-0.2, -0.15) is 0 Å². The molecule has 1 unspecified atom stereocenters. The molecule has 0 bridgehead atoms. The maximum Gasteiger partial charge on any atom is 0.247 e. The van der Waals surface area contributed by atoms with E-state index in [9.17, 15) is 9.59 Å². The molecule has 0 aliphatic carbocycles. The van der Waals surface area contributed by atoms with Crippen LogP contribution in [-0.2, 0) is 20.9 Å². The summed E-state index contributed by atoms with van der Waals surface area (Å²) < 4.78 is 5.45. The Morgan fingerprint density at radius 3 is 2.27 bits per heavy atom. The van der Waals surface area contributed by atoms with Gasteiger partial charge < -0.3 is 19.9 Å². The average Bonchev–Trinajstić information content (AvgIpc) is 2.92. The van der Waals surface area contributed by atoms with Crippen molar-refractivity contribution in [3.8, 4) is 0 Å². The SMILES string of the molecule is Cc1cc(C)nc(SCC(=O)N(Cc2ccccc2C)C(C(=O)Nc2ccc(N3CCOCC3)cc2)C(C)C)n1. The fourth-order valence-electron chi connectivity index (χ4n) is 4.88. The molecule has 0 spiro atoms. The Morgan fingerprint density at radius 1 is 1.00 bits per heavy atom. The standard InChI is InChI=1S/C31H39N5O3S/c1-21(2)29(30(38)34-26-10-12-27(13-11-26)35-14-16-39-17-15-35)36(19-25-9-7-6-8-22(25)3)28(37)20-40-31-32-23(4)18-24(5)33-31/h6-13,18,21,29H,14-17,19-20H2,1-5H3,(H,34,38). The molecule has 9 heteroatoms. The number of thioether (sulfide) groups is 1. The summed E-state index contributed by atoms with van der Waals surface area (Å²) in [4.78, 5) is 40.5. The van der Waals surface area contributed by atoms with E-state index in [4.69, 9.17) is 4.74 Å². The first-order valence-corrected chi connectivity index (χ1v) is 14.7. The highest BCUT2D eigenvalue weighted by Gasteiger charge is 2.33. The molecule has 4 rings (SSSR count). The van der Waals surface area contributed by atoms with Crippen molar-refractivity contribution in [3.05, 3.63) is 77.1 Å². The second-order valence-corrected chi connectivity index (χ2v) is 11.4. The Morgan fingerprint density at radius 2 is 1.65 bits per heavy atom. The molecule has 212 valence electrons. The summed E-state index contributed by atoms with van der Waals surface area (Å²) in [7, 11) is 0. The topological polar surface area (TPSA) is 87.7 Å². The number of nitrogens with one attached hydrogen (secondary N) is 1. The number of benzene rings is 2. The molecule has 1 saturated heterocycles. The lowest BCUT2D eigenvalue weighted by Gasteiger charge is -2.34. The first-order valence-electron chi connectivity index (χ1n) is 13.7. The summed E-state index contributed by atoms with van der Waals surface area (Å²) in [5.74, 6) is -0.307. The maximum absolute atomic E-state index is 13.8. The molecule has 3 aromatic rings. The van der Waals surface area contributed by atoms with Crippen molar-refractivity contribution in [3.63, 3.8) is 0 Å². The molecule has 40 heavy (non-hydrogen) atoms. The predicted octanol–water partition coefficient (Wildman–Crippen LogP) is 5.02. The lowest BCUT2D eigenvalue weighted by Crippen LogP contribution is -2.50. The summed E-state index contributed by atoms with van der Waals surface area (Å²) in [5, 5.41) is 3.63. The Hall–Kier alpha value is -3.43. The minimum atomic E-state index is -0.660. The van der Waals surface area contributed by atoms with E-state index in [2.05, 4.69) is 20.2 Å². The third kappa shape index (κ3) is 7.82. The molecular weight excluding hydrogens is 522 g/mol. The summed E-state index contributed by atoms with van der Waals surface area (Å²) in [6.45, 7) is 13.3. The van der Waals surface area contributed by atoms with E-state index >= 15 is 0 Å². The van der Waals surface area contributed by atoms with Crippen LogP contribution in [0.2, 0.25) is 0 Å². The van der Waals surface area contributed by atoms with Gasteiger partial charge >= 0.3 is 0 Å². The van der Waals surface area contributed by atoms with Crippen LogP contribution in [0.5, 0.6) is 0 Å². The molecule has 2 heterocycles. The van der Waals surface area contributed by atoms with Crippen molar-refractivity contribution >= 4 is 35.0 Å². The van der Waals surface area contributed by atoms with E-state index in [0.29, 0.717) is 30.6 Å². The zero-order valence-electron chi connectivity index (χ0n) is 24.0. The number of morpholine rings is 1. The van der Waals surface area contributed by atoms with Crippen LogP contribution in [0.4, 0.5) is 11.4 Å². The van der Waals surface area contributed by atoms with Gasteiger partial charge in [0.25, 0.3) is 0 Å². The van der Waals surface area contributed by atoms with Gasteiger partial charge in [0, 0.05) is 42.4 Å². The zero-order valence-corrected chi connectivity index (χ0v) is 24.8. The van der Waals surface area contributed by atoms with Crippen LogP contribution in [-0.4, -0.2) is 64.8 Å². The number of carbonyl (C=O) groups excluding carboxylic acids is 2. The van der Waals surface area contributed by atoms with E-state index < -0.39 is 6.04 Å². The van der Waals surface area contributed by atoms with Crippen molar-refractivity contribution < 1.29 is 14.3 Å². The average molecular weight is 562 g/mol. The number of carbonyl (C=O) groups is 2. The molecule has 0 radical (unpaired) electrons. The van der Waals surface area contributed by atoms with Gasteiger partial charge in [0.15, 0.2) is 5.16 Å². The van der Waals surface area contributed by atoms with E-state index in [1.54, 1.807) is 4.90 Å². The minimum Gasteiger partial charge on any atom is -0.378 e. The van der Waals surface area contributed by atoms with Gasteiger partial charge in [-0.1, -0.05) is 49.9 Å². The quantitative estimate of drug-likeness (QED) is 0.275. The number of aryl methyl sites for hydroxylation is 3. The van der Waals surface area contributed by atoms with Crippen LogP contribution in [0.3, 0.4) is 0 Å². The van der Waals surface area contributed by atoms with Gasteiger partial charge in [-0.3, -0.25) is 9.59 Å². The fourth-order valence-corrected chi connectivity index (χ4v) is 5.71. The molecule has 1 N–H and O–H groups in total. The third-order valence-electron chi connectivity index (χ3n) is 6.96. The van der Waals surface area contributed by atoms with Crippen LogP contribution < -0.4 is 10.2 Å². The zero-order chi connectivity index (χ0) is 28.6. The third-order valence-corrected chi connectivity index (χ3v) is 7.79. The number of ether oxygens (including phenoxy) is 1. The molecule has 1 fully saturated rings. The Kier molecular flexibility index (Phi) is 10.2. The van der Waals surface area contributed by atoms with Gasteiger partial charge in [0.1, 0.15) is 6.04 Å². The van der Waals surface area contributed by atoms with Gasteiger partial charge in [-0.15, -0.1) is 0 Å². The van der Waals surface area contributed by atoms with Crippen molar-refractivity contribution in [1.82, 2.24) is 14.9 Å². The van der Waals surface area contributed by atoms with Crippen LogP contribution in [0.1, 0.15) is 36.4 Å². The van der Waals surface area contributed by atoms with E-state index in [-0.39, 0.29) is 23.5 Å². The monoisotopic (exact) mass is 561 g/mol. The Bertz CT molecular complexity index is 1290. The molecular formula is C31H39N5O3S. The molecule has 8 nitrogen and oxygen atoms in total. The number of amides is 2. The minimum absolute atomic E-state index is 0.108. The van der Waals surface area contributed by atoms with Crippen molar-refractivity contribution in [2.75, 3.05) is 42.3 Å². The van der Waals surface area contributed by atoms with Crippen molar-refractivity contribution in [1.29, 1.82) is 0 Å². The van der Waals surface area contributed by atoms with Crippen molar-refractivity contribution in [2.45, 2.75) is 52.4 Å². The largest absolute Gasteiger partial charge is 0.378 e. The number of nitrogens with zero attached hydrogens (tertiary/aromatic N) is 4. The Labute approximate surface area is 241 Å². The van der Waals surface area contributed by atoms with E-state index in [1.165, 1.54) is 11.8 Å². The normalized spacial score (nSPS) is 14.2. The van der Waals surface area contributed by atoms with Gasteiger partial charge in [-0.05, 0) is 68.1 Å². The highest BCUT2D eigenvalue weighted by Crippen LogP contribution is 2.24. The molecule has 1 atom stereocenters. The number of hydrogen-bond donors (Lipinski definition) is 1. The summed E-state index contributed by atoms with van der Waals surface area (Å²) in [5.41, 5.74) is 5.61. The van der Waals surface area contributed by atoms with Crippen LogP contribution in [0.15, 0.2) is 59.8 Å². The molecule has 0 saturated carbocycles. The summed E-state index contributed by atoms with van der Waals surface area (Å²) >= 11 is 1.30. The maximum atomic E-state index is 13.8. The molecule has 1 aliphatic heterocycles. The number of hydrogen-bond acceptors (Lipinski definition) is 7. The number of rotatable bonds is 10. The fraction of sp³-hybridized carbons (Fsp3) is 0.419. The smallest absolute Gasteiger partial charge is 0.247 e. The second kappa shape index (κ2) is 13.8. The van der Waals surface area contributed by atoms with Crippen LogP contribution in [0, 0.1) is 26.7 Å². The van der Waals surface area contributed by atoms with Crippen LogP contribution >= 0.6 is 11.8 Å². The molecule has 2 aromatic carbocycles. The number of aromatic nitrogens is 2. The first-order chi connectivity index (χ1) is 19.2. The predicted molar refractivity (Wildman–Crippen MR) is 161 cm³/mol. The summed E-state index contributed by atoms with van der Waals surface area (Å²) in [6.07, 6.45) is 0. The van der Waals surface area contributed by atoms with E-state index in [0.717, 1.165) is 41.3 Å². The van der Waals surface area contributed by atoms with E-state index in [1.807, 2.05) is 89.2 Å². The van der Waals surface area contributed by atoms with Crippen molar-refractivity contribution in [2.24, 2.45) is 5.92 Å². The van der Waals surface area contributed by atoms with Gasteiger partial charge in [0.05, 0.1) is 19.0 Å². The Balaban J connectivity index is 1.54. The molecule has 2 amide bonds. The van der Waals surface area contributed by atoms with Gasteiger partial charge in [0.2, 0.25) is 11.8 Å². The lowest BCUT2D eigenvalue weighted by atomic mass is 9.99. The highest BCUT2D eigenvalue weighted by atomic mass is 32.2. The molecule has 1 aliphatic rings. The lowest BCUT2D eigenvalue weighted by molar-refractivity contribution is -0.138. The first kappa shape index (κ1) is 29.6. The van der Waals surface area contributed by atoms with Crippen LogP contribution in [0.25, 0.3) is 0 Å². The number of anilines is 2. The summed E-state index contributed by atoms with van der Waals surface area (Å²) in [6, 6.07) is 17.1.